The summed E-state index contributed by atoms with van der Waals surface area (Å²) in [6.07, 6.45) is -1.76. The monoisotopic (exact) mass is 307 g/mol. The fourth-order valence-corrected chi connectivity index (χ4v) is 1.53. The number of hydrogen-bond acceptors (Lipinski definition) is 4. The Morgan fingerprint density at radius 1 is 1.21 bits per heavy atom. The van der Waals surface area contributed by atoms with Gasteiger partial charge in [-0.1, -0.05) is 23.2 Å². The van der Waals surface area contributed by atoms with E-state index in [0.29, 0.717) is 5.02 Å². The van der Waals surface area contributed by atoms with E-state index >= 15 is 0 Å². The Hall–Kier alpha value is -1.50. The Morgan fingerprint density at radius 3 is 2.32 bits per heavy atom. The van der Waals surface area contributed by atoms with Crippen molar-refractivity contribution >= 4 is 35.1 Å². The molecule has 2 atom stereocenters. The summed E-state index contributed by atoms with van der Waals surface area (Å²) in [5.74, 6) is -2.45. The van der Waals surface area contributed by atoms with Crippen LogP contribution < -0.4 is 10.5 Å². The Labute approximate surface area is 118 Å². The number of hydrogen-bond donors (Lipinski definition) is 3. The molecule has 1 aromatic carbocycles. The van der Waals surface area contributed by atoms with Gasteiger partial charge in [0.2, 0.25) is 0 Å². The minimum absolute atomic E-state index is 0.166. The SMILES string of the molecule is NC(CC(Oc1ccc(Cl)c(Cl)c1)C(=O)O)C(=O)O. The number of nitrogens with two attached hydrogens (primary N) is 1. The fraction of sp³-hybridized carbons (Fsp3) is 0.273. The van der Waals surface area contributed by atoms with Crippen LogP contribution in [0.1, 0.15) is 6.42 Å². The predicted molar refractivity (Wildman–Crippen MR) is 68.7 cm³/mol. The van der Waals surface area contributed by atoms with Crippen LogP contribution in [0.15, 0.2) is 18.2 Å². The third-order valence-corrected chi connectivity index (χ3v) is 2.97. The molecule has 0 saturated carbocycles. The molecule has 0 spiro atoms. The van der Waals surface area contributed by atoms with Crippen molar-refractivity contribution in [3.05, 3.63) is 28.2 Å². The van der Waals surface area contributed by atoms with Gasteiger partial charge in [-0.3, -0.25) is 4.79 Å². The molecule has 0 aromatic heterocycles. The quantitative estimate of drug-likeness (QED) is 0.736. The summed E-state index contributed by atoms with van der Waals surface area (Å²) in [5, 5.41) is 18.1. The fourth-order valence-electron chi connectivity index (χ4n) is 1.25. The van der Waals surface area contributed by atoms with E-state index in [0.717, 1.165) is 0 Å². The molecule has 2 unspecified atom stereocenters. The molecular formula is C11H11Cl2NO5. The first-order chi connectivity index (χ1) is 8.81. The summed E-state index contributed by atoms with van der Waals surface area (Å²) < 4.78 is 5.15. The minimum Gasteiger partial charge on any atom is -0.480 e. The molecule has 1 rings (SSSR count). The van der Waals surface area contributed by atoms with Crippen molar-refractivity contribution in [2.75, 3.05) is 0 Å². The molecule has 6 nitrogen and oxygen atoms in total. The maximum atomic E-state index is 11.0. The van der Waals surface area contributed by atoms with Gasteiger partial charge in [0.1, 0.15) is 11.8 Å². The first kappa shape index (κ1) is 15.6. The molecule has 0 radical (unpaired) electrons. The van der Waals surface area contributed by atoms with E-state index < -0.39 is 24.1 Å². The molecule has 0 heterocycles. The molecule has 19 heavy (non-hydrogen) atoms. The van der Waals surface area contributed by atoms with Gasteiger partial charge in [0, 0.05) is 12.5 Å². The third-order valence-electron chi connectivity index (χ3n) is 2.23. The second-order valence-corrected chi connectivity index (χ2v) is 4.52. The maximum Gasteiger partial charge on any atom is 0.344 e. The number of carboxylic acids is 2. The zero-order chi connectivity index (χ0) is 14.6. The van der Waals surface area contributed by atoms with Crippen molar-refractivity contribution in [3.8, 4) is 5.75 Å². The van der Waals surface area contributed by atoms with Gasteiger partial charge >= 0.3 is 11.9 Å². The molecular weight excluding hydrogens is 297 g/mol. The van der Waals surface area contributed by atoms with E-state index in [-0.39, 0.29) is 17.2 Å². The van der Waals surface area contributed by atoms with Gasteiger partial charge in [0.15, 0.2) is 6.10 Å². The standard InChI is InChI=1S/C11H11Cl2NO5/c12-6-2-1-5(3-7(6)13)19-9(11(17)18)4-8(14)10(15)16/h1-3,8-9H,4,14H2,(H,15,16)(H,17,18). The lowest BCUT2D eigenvalue weighted by Gasteiger charge is -2.17. The number of benzene rings is 1. The van der Waals surface area contributed by atoms with E-state index in [9.17, 15) is 9.59 Å². The van der Waals surface area contributed by atoms with Gasteiger partial charge < -0.3 is 20.7 Å². The Bertz CT molecular complexity index is 494. The second-order valence-electron chi connectivity index (χ2n) is 3.70. The molecule has 0 amide bonds. The highest BCUT2D eigenvalue weighted by atomic mass is 35.5. The Kier molecular flexibility index (Phi) is 5.41. The van der Waals surface area contributed by atoms with Gasteiger partial charge in [0.05, 0.1) is 10.0 Å². The van der Waals surface area contributed by atoms with Crippen molar-refractivity contribution in [1.82, 2.24) is 0 Å². The van der Waals surface area contributed by atoms with Crippen molar-refractivity contribution in [2.24, 2.45) is 5.73 Å². The number of carboxylic acid groups (broad SMARTS) is 2. The van der Waals surface area contributed by atoms with E-state index in [2.05, 4.69) is 0 Å². The van der Waals surface area contributed by atoms with Crippen LogP contribution in [0, 0.1) is 0 Å². The molecule has 1 aromatic rings. The van der Waals surface area contributed by atoms with Crippen LogP contribution >= 0.6 is 23.2 Å². The Balaban J connectivity index is 2.81. The summed E-state index contributed by atoms with van der Waals surface area (Å²) in [6.45, 7) is 0. The van der Waals surface area contributed by atoms with Crippen LogP contribution in [0.5, 0.6) is 5.75 Å². The van der Waals surface area contributed by atoms with E-state index in [1.54, 1.807) is 0 Å². The van der Waals surface area contributed by atoms with Gasteiger partial charge in [-0.15, -0.1) is 0 Å². The lowest BCUT2D eigenvalue weighted by atomic mass is 10.1. The molecule has 0 fully saturated rings. The normalized spacial score (nSPS) is 13.6. The lowest BCUT2D eigenvalue weighted by molar-refractivity contribution is -0.146. The third kappa shape index (κ3) is 4.59. The molecule has 0 aliphatic rings. The molecule has 0 aliphatic heterocycles. The van der Waals surface area contributed by atoms with Crippen LogP contribution in [-0.2, 0) is 9.59 Å². The molecule has 8 heteroatoms. The van der Waals surface area contributed by atoms with Crippen LogP contribution in [0.25, 0.3) is 0 Å². The predicted octanol–water partition coefficient (Wildman–Crippen LogP) is 1.63. The summed E-state index contributed by atoms with van der Waals surface area (Å²) in [6, 6.07) is 2.88. The molecule has 104 valence electrons. The van der Waals surface area contributed by atoms with Crippen molar-refractivity contribution in [3.63, 3.8) is 0 Å². The smallest absolute Gasteiger partial charge is 0.344 e. The summed E-state index contributed by atoms with van der Waals surface area (Å²) in [4.78, 5) is 21.6. The largest absolute Gasteiger partial charge is 0.480 e. The van der Waals surface area contributed by atoms with E-state index in [1.165, 1.54) is 18.2 Å². The average molecular weight is 308 g/mol. The topological polar surface area (TPSA) is 110 Å². The zero-order valence-electron chi connectivity index (χ0n) is 9.55. The second kappa shape index (κ2) is 6.60. The number of aliphatic carboxylic acids is 2. The molecule has 0 saturated heterocycles. The summed E-state index contributed by atoms with van der Waals surface area (Å²) >= 11 is 11.5. The Morgan fingerprint density at radius 2 is 1.84 bits per heavy atom. The molecule has 0 aliphatic carbocycles. The van der Waals surface area contributed by atoms with Crippen LogP contribution in [-0.4, -0.2) is 34.3 Å². The van der Waals surface area contributed by atoms with Crippen molar-refractivity contribution in [2.45, 2.75) is 18.6 Å². The van der Waals surface area contributed by atoms with Crippen LogP contribution in [0.2, 0.25) is 10.0 Å². The zero-order valence-corrected chi connectivity index (χ0v) is 11.1. The average Bonchev–Trinajstić information content (AvgIpc) is 2.32. The van der Waals surface area contributed by atoms with Gasteiger partial charge in [-0.05, 0) is 12.1 Å². The van der Waals surface area contributed by atoms with Gasteiger partial charge in [-0.25, -0.2) is 4.79 Å². The first-order valence-electron chi connectivity index (χ1n) is 5.14. The first-order valence-corrected chi connectivity index (χ1v) is 5.89. The maximum absolute atomic E-state index is 11.0. The lowest BCUT2D eigenvalue weighted by Crippen LogP contribution is -2.39. The molecule has 4 N–H and O–H groups in total. The summed E-state index contributed by atoms with van der Waals surface area (Å²) in [5.41, 5.74) is 5.27. The van der Waals surface area contributed by atoms with Crippen LogP contribution in [0.3, 0.4) is 0 Å². The highest BCUT2D eigenvalue weighted by molar-refractivity contribution is 6.42. The number of halogens is 2. The number of carbonyl (C=O) groups is 2. The van der Waals surface area contributed by atoms with Gasteiger partial charge in [-0.2, -0.15) is 0 Å². The van der Waals surface area contributed by atoms with Crippen molar-refractivity contribution < 1.29 is 24.5 Å². The van der Waals surface area contributed by atoms with Crippen LogP contribution in [0.4, 0.5) is 0 Å². The van der Waals surface area contributed by atoms with E-state index in [1.807, 2.05) is 0 Å². The van der Waals surface area contributed by atoms with E-state index in [4.69, 9.17) is 43.9 Å². The number of ether oxygens (including phenoxy) is 1. The minimum atomic E-state index is -1.39. The highest BCUT2D eigenvalue weighted by Gasteiger charge is 2.26. The highest BCUT2D eigenvalue weighted by Crippen LogP contribution is 2.27. The summed E-state index contributed by atoms with van der Waals surface area (Å²) in [7, 11) is 0. The van der Waals surface area contributed by atoms with Crippen molar-refractivity contribution in [1.29, 1.82) is 0 Å². The van der Waals surface area contributed by atoms with Gasteiger partial charge in [0.25, 0.3) is 0 Å². The molecule has 0 bridgehead atoms. The number of rotatable bonds is 6.